The van der Waals surface area contributed by atoms with Crippen molar-refractivity contribution in [3.05, 3.63) is 57.5 Å². The molecule has 0 saturated carbocycles. The van der Waals surface area contributed by atoms with E-state index in [0.29, 0.717) is 38.9 Å². The van der Waals surface area contributed by atoms with Gasteiger partial charge in [0.25, 0.3) is 0 Å². The molecule has 0 spiro atoms. The molecule has 236 valence electrons. The van der Waals surface area contributed by atoms with Crippen LogP contribution in [0.1, 0.15) is 55.5 Å². The molecule has 0 saturated heterocycles. The third-order valence-electron chi connectivity index (χ3n) is 6.37. The van der Waals surface area contributed by atoms with Crippen LogP contribution < -0.4 is 0 Å². The number of carbonyl (C=O) groups excluding carboxylic acids is 4. The molecule has 0 aliphatic heterocycles. The molecule has 6 rings (SSSR count). The maximum absolute atomic E-state index is 13.5. The first-order valence-electron chi connectivity index (χ1n) is 13.5. The van der Waals surface area contributed by atoms with E-state index in [1.807, 2.05) is 35.0 Å². The average Bonchev–Trinajstić information content (AvgIpc) is 3.89. The summed E-state index contributed by atoms with van der Waals surface area (Å²) in [5.41, 5.74) is 0.441. The molecule has 46 heavy (non-hydrogen) atoms. The lowest BCUT2D eigenvalue weighted by molar-refractivity contribution is 0.0512. The molecule has 0 unspecified atom stereocenters. The van der Waals surface area contributed by atoms with Crippen molar-refractivity contribution in [2.24, 2.45) is 0 Å². The van der Waals surface area contributed by atoms with Crippen molar-refractivity contribution in [2.45, 2.75) is 13.8 Å². The smallest absolute Gasteiger partial charge is 0.358 e. The van der Waals surface area contributed by atoms with Crippen molar-refractivity contribution in [1.82, 2.24) is 9.97 Å². The Morgan fingerprint density at radius 3 is 1.35 bits per heavy atom. The summed E-state index contributed by atoms with van der Waals surface area (Å²) in [6, 6.07) is 7.53. The molecule has 6 aromatic rings. The lowest BCUT2D eigenvalue weighted by Gasteiger charge is -2.05. The van der Waals surface area contributed by atoms with Crippen LogP contribution in [0.5, 0.6) is 0 Å². The minimum atomic E-state index is -0.666. The van der Waals surface area contributed by atoms with Crippen LogP contribution in [0.15, 0.2) is 35.0 Å². The zero-order valence-electron chi connectivity index (χ0n) is 24.5. The monoisotopic (exact) mass is 730 g/mol. The van der Waals surface area contributed by atoms with Gasteiger partial charge >= 0.3 is 23.9 Å². The standard InChI is InChI=1S/C30H22N2O8S6/c1-5-39-29(35)17-23(45-25(31-17)13-9-7-11-41-13)21-15(27(33)37-3)19-20(43-21)16(28(34)38-4)22(44-19)24-18(30(36)40-6-2)32-26(46-24)14-10-8-12-42-14/h7-12H,5-6H2,1-4H3. The van der Waals surface area contributed by atoms with Gasteiger partial charge in [-0.25, -0.2) is 29.1 Å². The van der Waals surface area contributed by atoms with Crippen LogP contribution in [0.3, 0.4) is 0 Å². The van der Waals surface area contributed by atoms with Crippen molar-refractivity contribution in [1.29, 1.82) is 0 Å². The number of rotatable bonds is 10. The van der Waals surface area contributed by atoms with E-state index in [1.54, 1.807) is 13.8 Å². The maximum atomic E-state index is 13.5. The van der Waals surface area contributed by atoms with E-state index in [4.69, 9.17) is 18.9 Å². The summed E-state index contributed by atoms with van der Waals surface area (Å²) in [6.45, 7) is 3.66. The van der Waals surface area contributed by atoms with Gasteiger partial charge in [0.1, 0.15) is 10.0 Å². The third kappa shape index (κ3) is 5.69. The van der Waals surface area contributed by atoms with Crippen molar-refractivity contribution in [3.8, 4) is 39.3 Å². The highest BCUT2D eigenvalue weighted by Crippen LogP contribution is 2.53. The molecule has 10 nitrogen and oxygen atoms in total. The van der Waals surface area contributed by atoms with Gasteiger partial charge in [0.2, 0.25) is 0 Å². The molecule has 0 aromatic carbocycles. The van der Waals surface area contributed by atoms with Gasteiger partial charge in [-0.15, -0.1) is 68.0 Å². The number of thiazole rings is 2. The first-order chi connectivity index (χ1) is 22.3. The zero-order chi connectivity index (χ0) is 32.5. The van der Waals surface area contributed by atoms with E-state index in [2.05, 4.69) is 9.97 Å². The largest absolute Gasteiger partial charge is 0.465 e. The number of aromatic nitrogens is 2. The molecule has 6 aromatic heterocycles. The summed E-state index contributed by atoms with van der Waals surface area (Å²) in [5, 5.41) is 4.97. The number of carbonyl (C=O) groups is 4. The van der Waals surface area contributed by atoms with Gasteiger partial charge in [-0.05, 0) is 36.7 Å². The van der Waals surface area contributed by atoms with Crippen LogP contribution >= 0.6 is 68.0 Å². The van der Waals surface area contributed by atoms with Crippen LogP contribution in [0.25, 0.3) is 48.7 Å². The number of hydrogen-bond donors (Lipinski definition) is 0. The fraction of sp³-hybridized carbons (Fsp3) is 0.200. The molecule has 0 fully saturated rings. The number of esters is 4. The minimum absolute atomic E-state index is 0.0572. The van der Waals surface area contributed by atoms with Gasteiger partial charge in [-0.2, -0.15) is 0 Å². The molecule has 0 atom stereocenters. The Kier molecular flexibility index (Phi) is 9.44. The first kappa shape index (κ1) is 32.2. The second-order valence-corrected chi connectivity index (χ2v) is 15.0. The fourth-order valence-electron chi connectivity index (χ4n) is 4.46. The van der Waals surface area contributed by atoms with Crippen molar-refractivity contribution in [3.63, 3.8) is 0 Å². The highest BCUT2D eigenvalue weighted by atomic mass is 32.1. The van der Waals surface area contributed by atoms with E-state index in [0.717, 1.165) is 32.4 Å². The Hall–Kier alpha value is -3.80. The predicted molar refractivity (Wildman–Crippen MR) is 183 cm³/mol. The number of hydrogen-bond acceptors (Lipinski definition) is 16. The Balaban J connectivity index is 1.63. The highest BCUT2D eigenvalue weighted by Gasteiger charge is 2.35. The zero-order valence-corrected chi connectivity index (χ0v) is 29.4. The lowest BCUT2D eigenvalue weighted by Crippen LogP contribution is -2.07. The maximum Gasteiger partial charge on any atom is 0.358 e. The Labute approximate surface area is 285 Å². The quantitative estimate of drug-likeness (QED) is 0.0998. The van der Waals surface area contributed by atoms with Crippen LogP contribution in [-0.2, 0) is 18.9 Å². The SMILES string of the molecule is CCOC(=O)c1nc(-c2cccs2)sc1-c1sc2c(C(=O)OC)c(-c3sc(-c4cccs4)nc3C(=O)OCC)sc2c1C(=O)OC. The normalized spacial score (nSPS) is 11.1. The summed E-state index contributed by atoms with van der Waals surface area (Å²) < 4.78 is 22.0. The average molecular weight is 731 g/mol. The van der Waals surface area contributed by atoms with Gasteiger partial charge < -0.3 is 18.9 Å². The molecular formula is C30H22N2O8S6. The van der Waals surface area contributed by atoms with Crippen molar-refractivity contribution in [2.75, 3.05) is 27.4 Å². The molecule has 16 heteroatoms. The molecule has 0 N–H and O–H groups in total. The summed E-state index contributed by atoms with van der Waals surface area (Å²) in [7, 11) is 2.52. The summed E-state index contributed by atoms with van der Waals surface area (Å²) in [4.78, 5) is 65.8. The summed E-state index contributed by atoms with van der Waals surface area (Å²) in [6.07, 6.45) is 0. The molecule has 0 radical (unpaired) electrons. The summed E-state index contributed by atoms with van der Waals surface area (Å²) >= 11 is 7.69. The van der Waals surface area contributed by atoms with Crippen molar-refractivity contribution >= 4 is 101 Å². The van der Waals surface area contributed by atoms with Crippen LogP contribution in [0, 0.1) is 0 Å². The van der Waals surface area contributed by atoms with Gasteiger partial charge in [0.15, 0.2) is 11.4 Å². The van der Waals surface area contributed by atoms with Crippen molar-refractivity contribution < 1.29 is 38.1 Å². The molecule has 0 aliphatic carbocycles. The predicted octanol–water partition coefficient (Wildman–Crippen LogP) is 8.59. The Morgan fingerprint density at radius 2 is 1.02 bits per heavy atom. The molecule has 0 aliphatic rings. The molecule has 6 heterocycles. The van der Waals surface area contributed by atoms with Crippen LogP contribution in [-0.4, -0.2) is 61.3 Å². The third-order valence-corrected chi connectivity index (χ3v) is 13.4. The molecule has 0 bridgehead atoms. The molecular weight excluding hydrogens is 709 g/mol. The summed E-state index contributed by atoms with van der Waals surface area (Å²) in [5.74, 6) is -2.60. The van der Waals surface area contributed by atoms with Gasteiger partial charge in [-0.1, -0.05) is 12.1 Å². The van der Waals surface area contributed by atoms with Crippen LogP contribution in [0.2, 0.25) is 0 Å². The van der Waals surface area contributed by atoms with Gasteiger partial charge in [-0.3, -0.25) is 0 Å². The number of ether oxygens (including phenoxy) is 4. The number of nitrogens with zero attached hydrogens (tertiary/aromatic N) is 2. The minimum Gasteiger partial charge on any atom is -0.465 e. The first-order valence-corrected chi connectivity index (χ1v) is 18.5. The lowest BCUT2D eigenvalue weighted by atomic mass is 10.1. The van der Waals surface area contributed by atoms with E-state index in [9.17, 15) is 19.2 Å². The number of thiophene rings is 4. The second kappa shape index (κ2) is 13.5. The second-order valence-electron chi connectivity index (χ2n) is 9.04. The number of methoxy groups -OCH3 is 2. The van der Waals surface area contributed by atoms with Gasteiger partial charge in [0.05, 0.1) is 77.2 Å². The topological polar surface area (TPSA) is 131 Å². The molecule has 0 amide bonds. The van der Waals surface area contributed by atoms with E-state index >= 15 is 0 Å². The van der Waals surface area contributed by atoms with E-state index in [1.165, 1.54) is 59.6 Å². The highest BCUT2D eigenvalue weighted by molar-refractivity contribution is 7.35. The Morgan fingerprint density at radius 1 is 0.609 bits per heavy atom. The van der Waals surface area contributed by atoms with E-state index < -0.39 is 23.9 Å². The van der Waals surface area contributed by atoms with Crippen LogP contribution in [0.4, 0.5) is 0 Å². The number of fused-ring (bicyclic) bond motifs is 1. The van der Waals surface area contributed by atoms with E-state index in [-0.39, 0.29) is 35.7 Å². The Bertz CT molecular complexity index is 1930. The fourth-order valence-corrected chi connectivity index (χ4v) is 11.3. The van der Waals surface area contributed by atoms with Gasteiger partial charge in [0, 0.05) is 0 Å².